The second-order valence-electron chi connectivity index (χ2n) is 6.12. The van der Waals surface area contributed by atoms with Crippen molar-refractivity contribution in [2.24, 2.45) is 5.92 Å². The molecule has 2 N–H and O–H groups in total. The minimum absolute atomic E-state index is 0.0250. The maximum atomic E-state index is 12.2. The summed E-state index contributed by atoms with van der Waals surface area (Å²) < 4.78 is 0. The van der Waals surface area contributed by atoms with Gasteiger partial charge in [0.05, 0.1) is 12.5 Å². The minimum Gasteiger partial charge on any atom is -0.355 e. The Balaban J connectivity index is 2.37. The molecule has 0 bridgehead atoms. The van der Waals surface area contributed by atoms with E-state index in [-0.39, 0.29) is 23.8 Å². The lowest BCUT2D eigenvalue weighted by atomic mass is 9.96. The van der Waals surface area contributed by atoms with Gasteiger partial charge in [0, 0.05) is 19.1 Å². The summed E-state index contributed by atoms with van der Waals surface area (Å²) in [4.78, 5) is 26.1. The predicted molar refractivity (Wildman–Crippen MR) is 85.0 cm³/mol. The van der Waals surface area contributed by atoms with Gasteiger partial charge in [-0.3, -0.25) is 14.5 Å². The molecule has 1 heterocycles. The van der Waals surface area contributed by atoms with Crippen LogP contribution in [0, 0.1) is 5.92 Å². The second kappa shape index (κ2) is 9.77. The minimum atomic E-state index is 0.0250. The summed E-state index contributed by atoms with van der Waals surface area (Å²) in [5, 5.41) is 5.98. The van der Waals surface area contributed by atoms with Crippen molar-refractivity contribution in [2.75, 3.05) is 26.2 Å². The van der Waals surface area contributed by atoms with E-state index in [4.69, 9.17) is 0 Å². The third kappa shape index (κ3) is 6.93. The molecule has 2 amide bonds. The van der Waals surface area contributed by atoms with Crippen LogP contribution in [0.25, 0.3) is 0 Å². The molecule has 0 saturated carbocycles. The molecule has 5 nitrogen and oxygen atoms in total. The van der Waals surface area contributed by atoms with Crippen molar-refractivity contribution in [3.63, 3.8) is 0 Å². The van der Waals surface area contributed by atoms with E-state index in [1.807, 2.05) is 6.92 Å². The molecule has 0 aromatic heterocycles. The van der Waals surface area contributed by atoms with Crippen LogP contribution >= 0.6 is 0 Å². The third-order valence-electron chi connectivity index (χ3n) is 3.93. The Hall–Kier alpha value is -1.10. The molecule has 1 aliphatic rings. The number of hydrogen-bond acceptors (Lipinski definition) is 3. The summed E-state index contributed by atoms with van der Waals surface area (Å²) in [5.74, 6) is 0.240. The maximum Gasteiger partial charge on any atom is 0.234 e. The molecular weight excluding hydrogens is 266 g/mol. The molecule has 1 aliphatic heterocycles. The topological polar surface area (TPSA) is 61.4 Å². The lowest BCUT2D eigenvalue weighted by molar-refractivity contribution is -0.129. The maximum absolute atomic E-state index is 12.2. The van der Waals surface area contributed by atoms with Gasteiger partial charge in [-0.15, -0.1) is 0 Å². The number of amides is 2. The average Bonchev–Trinajstić information content (AvgIpc) is 2.45. The molecular formula is C16H31N3O2. The van der Waals surface area contributed by atoms with E-state index in [1.54, 1.807) is 0 Å². The van der Waals surface area contributed by atoms with Gasteiger partial charge in [-0.1, -0.05) is 20.3 Å². The molecule has 21 heavy (non-hydrogen) atoms. The van der Waals surface area contributed by atoms with Gasteiger partial charge in [0.15, 0.2) is 0 Å². The highest BCUT2D eigenvalue weighted by molar-refractivity contribution is 5.80. The Kier molecular flexibility index (Phi) is 8.35. The fourth-order valence-corrected chi connectivity index (χ4v) is 2.80. The number of piperidine rings is 1. The molecule has 122 valence electrons. The van der Waals surface area contributed by atoms with Crippen LogP contribution < -0.4 is 10.6 Å². The number of carbonyl (C=O) groups excluding carboxylic acids is 2. The summed E-state index contributed by atoms with van der Waals surface area (Å²) in [6.07, 6.45) is 4.96. The average molecular weight is 297 g/mol. The number of nitrogens with one attached hydrogen (secondary N) is 2. The van der Waals surface area contributed by atoms with Crippen molar-refractivity contribution in [2.45, 2.75) is 58.9 Å². The zero-order chi connectivity index (χ0) is 15.7. The van der Waals surface area contributed by atoms with Gasteiger partial charge in [0.1, 0.15) is 0 Å². The molecule has 1 fully saturated rings. The Morgan fingerprint density at radius 2 is 2.05 bits per heavy atom. The lowest BCUT2D eigenvalue weighted by Gasteiger charge is -2.32. The molecule has 0 unspecified atom stereocenters. The fourth-order valence-electron chi connectivity index (χ4n) is 2.80. The van der Waals surface area contributed by atoms with Crippen molar-refractivity contribution >= 4 is 11.8 Å². The van der Waals surface area contributed by atoms with Gasteiger partial charge >= 0.3 is 0 Å². The zero-order valence-electron chi connectivity index (χ0n) is 13.8. The summed E-state index contributed by atoms with van der Waals surface area (Å²) in [7, 11) is 0. The van der Waals surface area contributed by atoms with Gasteiger partial charge in [-0.2, -0.15) is 0 Å². The molecule has 0 aromatic rings. The van der Waals surface area contributed by atoms with Gasteiger partial charge in [-0.05, 0) is 39.2 Å². The van der Waals surface area contributed by atoms with E-state index in [9.17, 15) is 9.59 Å². The van der Waals surface area contributed by atoms with E-state index < -0.39 is 0 Å². The normalized spacial score (nSPS) is 20.8. The van der Waals surface area contributed by atoms with Crippen LogP contribution in [-0.4, -0.2) is 48.9 Å². The molecule has 0 aliphatic carbocycles. The molecule has 0 aromatic carbocycles. The van der Waals surface area contributed by atoms with E-state index in [1.165, 1.54) is 0 Å². The van der Waals surface area contributed by atoms with Crippen LogP contribution in [0.2, 0.25) is 0 Å². The van der Waals surface area contributed by atoms with Crippen LogP contribution in [-0.2, 0) is 9.59 Å². The van der Waals surface area contributed by atoms with Crippen molar-refractivity contribution in [3.05, 3.63) is 0 Å². The summed E-state index contributed by atoms with van der Waals surface area (Å²) in [6.45, 7) is 8.97. The molecule has 0 radical (unpaired) electrons. The van der Waals surface area contributed by atoms with Crippen molar-refractivity contribution < 1.29 is 9.59 Å². The van der Waals surface area contributed by atoms with Gasteiger partial charge in [-0.25, -0.2) is 0 Å². The first kappa shape index (κ1) is 18.0. The number of nitrogens with zero attached hydrogens (tertiary/aromatic N) is 1. The smallest absolute Gasteiger partial charge is 0.234 e. The summed E-state index contributed by atoms with van der Waals surface area (Å²) >= 11 is 0. The van der Waals surface area contributed by atoms with Gasteiger partial charge in [0.2, 0.25) is 11.8 Å². The monoisotopic (exact) mass is 297 g/mol. The molecule has 1 saturated heterocycles. The number of hydrogen-bond donors (Lipinski definition) is 2. The second-order valence-corrected chi connectivity index (χ2v) is 6.12. The van der Waals surface area contributed by atoms with E-state index in [0.29, 0.717) is 13.1 Å². The first-order valence-electron chi connectivity index (χ1n) is 8.36. The third-order valence-corrected chi connectivity index (χ3v) is 3.93. The van der Waals surface area contributed by atoms with Crippen molar-refractivity contribution in [1.29, 1.82) is 0 Å². The number of likely N-dealkylation sites (tertiary alicyclic amines) is 1. The Morgan fingerprint density at radius 1 is 1.29 bits per heavy atom. The molecule has 1 rings (SSSR count). The fraction of sp³-hybridized carbons (Fsp3) is 0.875. The van der Waals surface area contributed by atoms with Crippen LogP contribution in [0.4, 0.5) is 0 Å². The quantitative estimate of drug-likeness (QED) is 0.714. The molecule has 0 spiro atoms. The van der Waals surface area contributed by atoms with Crippen LogP contribution in [0.15, 0.2) is 0 Å². The van der Waals surface area contributed by atoms with Gasteiger partial charge < -0.3 is 10.6 Å². The van der Waals surface area contributed by atoms with Crippen LogP contribution in [0.3, 0.4) is 0 Å². The lowest BCUT2D eigenvalue weighted by Crippen LogP contribution is -2.47. The molecule has 2 atom stereocenters. The first-order chi connectivity index (χ1) is 10.1. The zero-order valence-corrected chi connectivity index (χ0v) is 13.8. The number of carbonyl (C=O) groups is 2. The Bertz CT molecular complexity index is 333. The Labute approximate surface area is 128 Å². The van der Waals surface area contributed by atoms with Crippen LogP contribution in [0.5, 0.6) is 0 Å². The first-order valence-corrected chi connectivity index (χ1v) is 8.36. The van der Waals surface area contributed by atoms with Crippen LogP contribution in [0.1, 0.15) is 52.9 Å². The van der Waals surface area contributed by atoms with E-state index >= 15 is 0 Å². The Morgan fingerprint density at radius 3 is 2.71 bits per heavy atom. The van der Waals surface area contributed by atoms with E-state index in [0.717, 1.165) is 45.2 Å². The molecule has 5 heteroatoms. The van der Waals surface area contributed by atoms with Gasteiger partial charge in [0.25, 0.3) is 0 Å². The highest BCUT2D eigenvalue weighted by Gasteiger charge is 2.27. The van der Waals surface area contributed by atoms with E-state index in [2.05, 4.69) is 29.4 Å². The number of rotatable bonds is 8. The van der Waals surface area contributed by atoms with Crippen molar-refractivity contribution in [1.82, 2.24) is 15.5 Å². The predicted octanol–water partition coefficient (Wildman–Crippen LogP) is 1.53. The standard InChI is InChI=1S/C16H31N3O2/c1-4-7-13(3)18-16(21)14-8-6-10-19(11-14)12-15(20)17-9-5-2/h13-14H,4-12H2,1-3H3,(H,17,20)(H,18,21)/t13-,14-/m0/s1. The summed E-state index contributed by atoms with van der Waals surface area (Å²) in [6, 6.07) is 0.241. The highest BCUT2D eigenvalue weighted by Crippen LogP contribution is 2.16. The SMILES string of the molecule is CCCNC(=O)CN1CCC[C@H](C(=O)N[C@@H](C)CCC)C1. The van der Waals surface area contributed by atoms with Crippen molar-refractivity contribution in [3.8, 4) is 0 Å². The largest absolute Gasteiger partial charge is 0.355 e. The summed E-state index contributed by atoms with van der Waals surface area (Å²) in [5.41, 5.74) is 0. The highest BCUT2D eigenvalue weighted by atomic mass is 16.2.